The van der Waals surface area contributed by atoms with E-state index in [9.17, 15) is 9.90 Å². The van der Waals surface area contributed by atoms with Crippen molar-refractivity contribution in [1.29, 1.82) is 0 Å². The topological polar surface area (TPSA) is 57.5 Å². The molecule has 2 aliphatic carbocycles. The second-order valence-electron chi connectivity index (χ2n) is 9.18. The first-order valence-corrected chi connectivity index (χ1v) is 9.49. The second kappa shape index (κ2) is 6.84. The summed E-state index contributed by atoms with van der Waals surface area (Å²) < 4.78 is 0. The van der Waals surface area contributed by atoms with E-state index in [4.69, 9.17) is 5.11 Å². The third kappa shape index (κ3) is 3.51. The van der Waals surface area contributed by atoms with E-state index in [0.717, 1.165) is 51.4 Å². The van der Waals surface area contributed by atoms with Crippen molar-refractivity contribution in [1.82, 2.24) is 0 Å². The highest BCUT2D eigenvalue weighted by molar-refractivity contribution is 5.60. The summed E-state index contributed by atoms with van der Waals surface area (Å²) in [5.74, 6) is 1.12. The number of carbonyl (C=O) groups excluding carboxylic acids is 1. The van der Waals surface area contributed by atoms with Crippen LogP contribution in [0.5, 0.6) is 0 Å². The molecular weight excluding hydrogens is 288 g/mol. The van der Waals surface area contributed by atoms with Gasteiger partial charge in [-0.15, -0.1) is 0 Å². The van der Waals surface area contributed by atoms with E-state index in [1.54, 1.807) is 0 Å². The summed E-state index contributed by atoms with van der Waals surface area (Å²) in [6.45, 7) is 8.89. The lowest BCUT2D eigenvalue weighted by molar-refractivity contribution is -0.174. The molecule has 0 aliphatic heterocycles. The van der Waals surface area contributed by atoms with Gasteiger partial charge >= 0.3 is 0 Å². The number of fused-ring (bicyclic) bond motifs is 1. The maximum Gasteiger partial charge on any atom is 0.126 e. The summed E-state index contributed by atoms with van der Waals surface area (Å²) in [4.78, 5) is 11.8. The molecule has 2 fully saturated rings. The smallest absolute Gasteiger partial charge is 0.126 e. The normalized spacial score (nSPS) is 45.3. The number of hydrogen-bond donors (Lipinski definition) is 2. The molecule has 2 saturated carbocycles. The Kier molecular flexibility index (Phi) is 5.62. The molecule has 2 aliphatic rings. The number of aliphatic hydroxyl groups excluding tert-OH is 1. The molecule has 134 valence electrons. The van der Waals surface area contributed by atoms with Crippen LogP contribution >= 0.6 is 0 Å². The van der Waals surface area contributed by atoms with Crippen molar-refractivity contribution >= 4 is 6.29 Å². The Balaban J connectivity index is 2.23. The zero-order chi connectivity index (χ0) is 17.3. The number of aldehydes is 1. The van der Waals surface area contributed by atoms with Crippen molar-refractivity contribution in [3.05, 3.63) is 0 Å². The minimum Gasteiger partial charge on any atom is -0.396 e. The van der Waals surface area contributed by atoms with Gasteiger partial charge in [-0.25, -0.2) is 0 Å². The average molecular weight is 325 g/mol. The molecule has 0 aromatic carbocycles. The van der Waals surface area contributed by atoms with Gasteiger partial charge in [0.15, 0.2) is 0 Å². The molecule has 2 rings (SSSR count). The van der Waals surface area contributed by atoms with Crippen LogP contribution in [0.4, 0.5) is 0 Å². The number of aliphatic hydroxyl groups is 2. The Morgan fingerprint density at radius 2 is 1.87 bits per heavy atom. The Labute approximate surface area is 141 Å². The van der Waals surface area contributed by atoms with E-state index >= 15 is 0 Å². The summed E-state index contributed by atoms with van der Waals surface area (Å²) in [7, 11) is 0. The van der Waals surface area contributed by atoms with Crippen LogP contribution in [0.1, 0.15) is 79.1 Å². The van der Waals surface area contributed by atoms with Crippen molar-refractivity contribution in [2.24, 2.45) is 28.6 Å². The lowest BCUT2D eigenvalue weighted by Gasteiger charge is -2.60. The highest BCUT2D eigenvalue weighted by Crippen LogP contribution is 2.62. The third-order valence-electron chi connectivity index (χ3n) is 7.35. The lowest BCUT2D eigenvalue weighted by Crippen LogP contribution is -2.58. The van der Waals surface area contributed by atoms with Crippen LogP contribution in [0, 0.1) is 28.6 Å². The SMILES string of the molecule is C[C@H](CCO)CC[C@H]1[C@]2(C)CCC[C@](C)(C=O)[C@H]2CC[C@]1(C)O. The van der Waals surface area contributed by atoms with E-state index in [-0.39, 0.29) is 23.4 Å². The maximum absolute atomic E-state index is 11.8. The molecule has 3 heteroatoms. The predicted molar refractivity (Wildman–Crippen MR) is 93.1 cm³/mol. The van der Waals surface area contributed by atoms with Crippen LogP contribution < -0.4 is 0 Å². The summed E-state index contributed by atoms with van der Waals surface area (Å²) in [6.07, 6.45) is 9.03. The van der Waals surface area contributed by atoms with E-state index in [1.807, 2.05) is 6.92 Å². The van der Waals surface area contributed by atoms with Crippen LogP contribution in [-0.2, 0) is 4.79 Å². The van der Waals surface area contributed by atoms with E-state index < -0.39 is 5.60 Å². The number of hydrogen-bond acceptors (Lipinski definition) is 3. The third-order valence-corrected chi connectivity index (χ3v) is 7.35. The van der Waals surface area contributed by atoms with Crippen LogP contribution in [0.3, 0.4) is 0 Å². The van der Waals surface area contributed by atoms with Crippen LogP contribution in [0.15, 0.2) is 0 Å². The Bertz CT molecular complexity index is 419. The summed E-state index contributed by atoms with van der Waals surface area (Å²) >= 11 is 0. The van der Waals surface area contributed by atoms with Crippen LogP contribution in [0.25, 0.3) is 0 Å². The van der Waals surface area contributed by atoms with Crippen molar-refractivity contribution in [2.45, 2.75) is 84.7 Å². The van der Waals surface area contributed by atoms with Crippen molar-refractivity contribution < 1.29 is 15.0 Å². The van der Waals surface area contributed by atoms with Crippen LogP contribution in [0.2, 0.25) is 0 Å². The van der Waals surface area contributed by atoms with Gasteiger partial charge in [0.1, 0.15) is 6.29 Å². The second-order valence-corrected chi connectivity index (χ2v) is 9.18. The molecule has 0 radical (unpaired) electrons. The van der Waals surface area contributed by atoms with Crippen LogP contribution in [-0.4, -0.2) is 28.7 Å². The molecule has 0 amide bonds. The van der Waals surface area contributed by atoms with E-state index in [1.165, 1.54) is 6.29 Å². The molecule has 0 heterocycles. The first kappa shape index (κ1) is 18.9. The zero-order valence-electron chi connectivity index (χ0n) is 15.5. The highest BCUT2D eigenvalue weighted by Gasteiger charge is 2.58. The first-order valence-electron chi connectivity index (χ1n) is 9.49. The molecule has 0 spiro atoms. The van der Waals surface area contributed by atoms with Gasteiger partial charge in [0.05, 0.1) is 5.60 Å². The maximum atomic E-state index is 11.8. The Morgan fingerprint density at radius 3 is 2.48 bits per heavy atom. The quantitative estimate of drug-likeness (QED) is 0.727. The van der Waals surface area contributed by atoms with Gasteiger partial charge in [0, 0.05) is 12.0 Å². The molecule has 0 unspecified atom stereocenters. The van der Waals surface area contributed by atoms with Gasteiger partial charge in [-0.1, -0.05) is 33.6 Å². The fraction of sp³-hybridized carbons (Fsp3) is 0.950. The molecule has 6 atom stereocenters. The van der Waals surface area contributed by atoms with E-state index in [0.29, 0.717) is 11.8 Å². The van der Waals surface area contributed by atoms with Gasteiger partial charge < -0.3 is 15.0 Å². The fourth-order valence-corrected chi connectivity index (χ4v) is 5.95. The Hall–Kier alpha value is -0.410. The average Bonchev–Trinajstić information content (AvgIpc) is 2.46. The Morgan fingerprint density at radius 1 is 1.17 bits per heavy atom. The van der Waals surface area contributed by atoms with Gasteiger partial charge in [-0.05, 0) is 68.6 Å². The lowest BCUT2D eigenvalue weighted by atomic mass is 9.45. The standard InChI is InChI=1S/C20H36O3/c1-15(9-13-21)6-7-17-19(3)11-5-10-18(2,14-22)16(19)8-12-20(17,4)23/h14-17,21,23H,5-13H2,1-4H3/t15-,16+,17-,18+,19+,20-/m0/s1. The molecular formula is C20H36O3. The van der Waals surface area contributed by atoms with Gasteiger partial charge in [0.2, 0.25) is 0 Å². The largest absolute Gasteiger partial charge is 0.396 e. The first-order chi connectivity index (χ1) is 10.7. The van der Waals surface area contributed by atoms with Gasteiger partial charge in [-0.3, -0.25) is 0 Å². The summed E-state index contributed by atoms with van der Waals surface area (Å²) in [5.41, 5.74) is -0.807. The number of rotatable bonds is 6. The van der Waals surface area contributed by atoms with Gasteiger partial charge in [0.25, 0.3) is 0 Å². The predicted octanol–water partition coefficient (Wildman–Crippen LogP) is 3.96. The number of carbonyl (C=O) groups is 1. The van der Waals surface area contributed by atoms with Crippen molar-refractivity contribution in [3.8, 4) is 0 Å². The summed E-state index contributed by atoms with van der Waals surface area (Å²) in [6, 6.07) is 0. The van der Waals surface area contributed by atoms with Crippen molar-refractivity contribution in [2.75, 3.05) is 6.61 Å². The molecule has 23 heavy (non-hydrogen) atoms. The molecule has 0 bridgehead atoms. The molecule has 2 N–H and O–H groups in total. The molecule has 0 saturated heterocycles. The summed E-state index contributed by atoms with van der Waals surface area (Å²) in [5, 5.41) is 20.2. The minimum absolute atomic E-state index is 0.0502. The van der Waals surface area contributed by atoms with E-state index in [2.05, 4.69) is 20.8 Å². The minimum atomic E-state index is -0.634. The fourth-order valence-electron chi connectivity index (χ4n) is 5.95. The zero-order valence-corrected chi connectivity index (χ0v) is 15.5. The molecule has 0 aromatic rings. The highest BCUT2D eigenvalue weighted by atomic mass is 16.3. The molecule has 3 nitrogen and oxygen atoms in total. The molecule has 0 aromatic heterocycles. The van der Waals surface area contributed by atoms with Crippen molar-refractivity contribution in [3.63, 3.8) is 0 Å². The van der Waals surface area contributed by atoms with Gasteiger partial charge in [-0.2, -0.15) is 0 Å². The monoisotopic (exact) mass is 324 g/mol.